The van der Waals surface area contributed by atoms with Crippen molar-refractivity contribution in [1.29, 1.82) is 0 Å². The van der Waals surface area contributed by atoms with Gasteiger partial charge in [-0.05, 0) is 57.2 Å². The number of carbonyl (C=O) groups is 4. The maximum atomic E-state index is 14.0. The second-order valence-corrected chi connectivity index (χ2v) is 10.6. The summed E-state index contributed by atoms with van der Waals surface area (Å²) < 4.78 is 21.6. The number of esters is 1. The highest BCUT2D eigenvalue weighted by Gasteiger charge is 2.54. The maximum absolute atomic E-state index is 14.0. The van der Waals surface area contributed by atoms with Gasteiger partial charge in [0.2, 0.25) is 18.6 Å². The maximum Gasteiger partial charge on any atom is 0.409 e. The molecule has 0 aromatic heterocycles. The fourth-order valence-corrected chi connectivity index (χ4v) is 6.18. The molecule has 3 heterocycles. The first kappa shape index (κ1) is 27.8. The molecule has 0 saturated carbocycles. The summed E-state index contributed by atoms with van der Waals surface area (Å²) in [6.45, 7) is 5.93. The number of piperazine rings is 1. The second-order valence-electron chi connectivity index (χ2n) is 10.6. The number of allylic oxidation sites excluding steroid dienone is 1. The summed E-state index contributed by atoms with van der Waals surface area (Å²) in [6.07, 6.45) is 3.95. The third kappa shape index (κ3) is 5.33. The number of nitrogens with zero attached hydrogens (tertiary/aromatic N) is 3. The van der Waals surface area contributed by atoms with Crippen LogP contribution in [-0.2, 0) is 30.4 Å². The zero-order valence-electron chi connectivity index (χ0n) is 23.2. The minimum absolute atomic E-state index is 0.00961. The van der Waals surface area contributed by atoms with Gasteiger partial charge in [-0.15, -0.1) is 0 Å². The van der Waals surface area contributed by atoms with Gasteiger partial charge in [-0.25, -0.2) is 4.79 Å². The summed E-state index contributed by atoms with van der Waals surface area (Å²) >= 11 is 0. The molecule has 0 radical (unpaired) electrons. The van der Waals surface area contributed by atoms with Crippen molar-refractivity contribution in [2.24, 2.45) is 11.3 Å². The molecule has 0 N–H and O–H groups in total. The Morgan fingerprint density at radius 1 is 1.00 bits per heavy atom. The molecule has 3 aliphatic heterocycles. The van der Waals surface area contributed by atoms with Gasteiger partial charge >= 0.3 is 12.1 Å². The van der Waals surface area contributed by atoms with Gasteiger partial charge in [0.25, 0.3) is 0 Å². The number of hydrogen-bond acceptors (Lipinski definition) is 8. The lowest BCUT2D eigenvalue weighted by molar-refractivity contribution is -0.163. The minimum Gasteiger partial charge on any atom is -0.465 e. The lowest BCUT2D eigenvalue weighted by atomic mass is 9.66. The Bertz CT molecular complexity index is 1190. The summed E-state index contributed by atoms with van der Waals surface area (Å²) in [5.74, 6) is -0.0896. The fourth-order valence-electron chi connectivity index (χ4n) is 6.18. The largest absolute Gasteiger partial charge is 0.465 e. The summed E-state index contributed by atoms with van der Waals surface area (Å²) in [7, 11) is 0. The van der Waals surface area contributed by atoms with E-state index in [2.05, 4.69) is 0 Å². The van der Waals surface area contributed by atoms with E-state index >= 15 is 0 Å². The first-order chi connectivity index (χ1) is 19.4. The van der Waals surface area contributed by atoms with Crippen molar-refractivity contribution in [3.05, 3.63) is 35.5 Å². The lowest BCUT2D eigenvalue weighted by Gasteiger charge is -2.48. The van der Waals surface area contributed by atoms with E-state index in [1.54, 1.807) is 28.5 Å². The monoisotopic (exact) mass is 555 g/mol. The van der Waals surface area contributed by atoms with Crippen LogP contribution in [0, 0.1) is 11.3 Å². The van der Waals surface area contributed by atoms with Gasteiger partial charge < -0.3 is 33.6 Å². The van der Waals surface area contributed by atoms with Gasteiger partial charge in [0.1, 0.15) is 5.41 Å². The van der Waals surface area contributed by atoms with Gasteiger partial charge in [0.05, 0.1) is 19.8 Å². The summed E-state index contributed by atoms with van der Waals surface area (Å²) in [5.41, 5.74) is 0.530. The van der Waals surface area contributed by atoms with Crippen molar-refractivity contribution >= 4 is 23.9 Å². The van der Waals surface area contributed by atoms with Crippen LogP contribution in [0.15, 0.2) is 30.0 Å². The van der Waals surface area contributed by atoms with E-state index in [4.69, 9.17) is 18.9 Å². The van der Waals surface area contributed by atoms with E-state index in [0.717, 1.165) is 18.4 Å². The summed E-state index contributed by atoms with van der Waals surface area (Å²) in [6, 6.07) is 5.55. The van der Waals surface area contributed by atoms with Crippen molar-refractivity contribution in [3.63, 3.8) is 0 Å². The third-order valence-electron chi connectivity index (χ3n) is 8.16. The average Bonchev–Trinajstić information content (AvgIpc) is 3.43. The molecule has 1 aromatic rings. The molecule has 3 amide bonds. The van der Waals surface area contributed by atoms with Crippen LogP contribution in [0.5, 0.6) is 11.5 Å². The first-order valence-electron chi connectivity index (χ1n) is 14.1. The molecule has 1 aliphatic carbocycles. The highest BCUT2D eigenvalue weighted by Crippen LogP contribution is 2.50. The Labute approximate surface area is 233 Å². The Kier molecular flexibility index (Phi) is 8.18. The highest BCUT2D eigenvalue weighted by atomic mass is 16.7. The van der Waals surface area contributed by atoms with Gasteiger partial charge in [0, 0.05) is 44.2 Å². The van der Waals surface area contributed by atoms with E-state index < -0.39 is 11.3 Å². The third-order valence-corrected chi connectivity index (χ3v) is 8.16. The standard InChI is InChI=1S/C29H37N3O8/c1-3-37-27(35)29-10-6-5-7-24(29)32(18-20-8-9-22-23(15-20)40-19-39-22)26(34)21(17-29)16-25(33)30-11-13-31(14-12-30)28(36)38-4-2/h7-9,15,21H,3-6,10-14,16-19H2,1-2H3/t21-,29+/m1/s1. The molecule has 11 nitrogen and oxygen atoms in total. The van der Waals surface area contributed by atoms with Crippen LogP contribution in [-0.4, -0.2) is 84.8 Å². The number of rotatable bonds is 7. The number of hydrogen-bond donors (Lipinski definition) is 0. The highest BCUT2D eigenvalue weighted by molar-refractivity contribution is 5.92. The molecule has 5 rings (SSSR count). The minimum atomic E-state index is -0.980. The van der Waals surface area contributed by atoms with Crippen molar-refractivity contribution in [2.45, 2.75) is 52.5 Å². The number of carbonyl (C=O) groups excluding carboxylic acids is 4. The van der Waals surface area contributed by atoms with Crippen LogP contribution in [0.2, 0.25) is 0 Å². The van der Waals surface area contributed by atoms with Gasteiger partial charge in [0.15, 0.2) is 11.5 Å². The van der Waals surface area contributed by atoms with Crippen LogP contribution in [0.1, 0.15) is 51.5 Å². The number of benzene rings is 1. The van der Waals surface area contributed by atoms with Crippen LogP contribution >= 0.6 is 0 Å². The van der Waals surface area contributed by atoms with E-state index in [9.17, 15) is 19.2 Å². The van der Waals surface area contributed by atoms with Crippen molar-refractivity contribution < 1.29 is 38.1 Å². The zero-order valence-corrected chi connectivity index (χ0v) is 23.2. The predicted octanol–water partition coefficient (Wildman–Crippen LogP) is 3.07. The van der Waals surface area contributed by atoms with E-state index in [-0.39, 0.29) is 56.7 Å². The second kappa shape index (κ2) is 11.8. The topological polar surface area (TPSA) is 115 Å². The number of ether oxygens (including phenoxy) is 4. The summed E-state index contributed by atoms with van der Waals surface area (Å²) in [4.78, 5) is 58.0. The Morgan fingerprint density at radius 2 is 1.73 bits per heavy atom. The van der Waals surface area contributed by atoms with Crippen molar-refractivity contribution in [2.75, 3.05) is 46.2 Å². The summed E-state index contributed by atoms with van der Waals surface area (Å²) in [5, 5.41) is 0. The zero-order chi connectivity index (χ0) is 28.3. The SMILES string of the molecule is CCOC(=O)N1CCN(C(=O)C[C@@H]2C[C@@]3(C(=O)OCC)CCCC=C3N(Cc3ccc4c(c3)OCO4)C2=O)CC1. The molecule has 0 bridgehead atoms. The van der Waals surface area contributed by atoms with Crippen LogP contribution in [0.3, 0.4) is 0 Å². The van der Waals surface area contributed by atoms with E-state index in [1.165, 1.54) is 0 Å². The molecule has 2 atom stereocenters. The van der Waals surface area contributed by atoms with Gasteiger partial charge in [-0.1, -0.05) is 12.1 Å². The average molecular weight is 556 g/mol. The van der Waals surface area contributed by atoms with Crippen molar-refractivity contribution in [3.8, 4) is 11.5 Å². The van der Waals surface area contributed by atoms with Crippen molar-refractivity contribution in [1.82, 2.24) is 14.7 Å². The molecule has 11 heteroatoms. The molecule has 0 spiro atoms. The molecule has 216 valence electrons. The smallest absolute Gasteiger partial charge is 0.409 e. The number of fused-ring (bicyclic) bond motifs is 2. The number of amides is 3. The van der Waals surface area contributed by atoms with E-state index in [1.807, 2.05) is 24.3 Å². The number of likely N-dealkylation sites (tertiary alicyclic amines) is 1. The van der Waals surface area contributed by atoms with Crippen LogP contribution < -0.4 is 9.47 Å². The van der Waals surface area contributed by atoms with Gasteiger partial charge in [-0.2, -0.15) is 0 Å². The van der Waals surface area contributed by atoms with Gasteiger partial charge in [-0.3, -0.25) is 14.4 Å². The molecule has 2 fully saturated rings. The number of piperidine rings is 1. The quantitative estimate of drug-likeness (QED) is 0.472. The molecule has 4 aliphatic rings. The molecule has 1 aromatic carbocycles. The predicted molar refractivity (Wildman–Crippen MR) is 142 cm³/mol. The Morgan fingerprint density at radius 3 is 2.48 bits per heavy atom. The Balaban J connectivity index is 1.37. The van der Waals surface area contributed by atoms with Crippen LogP contribution in [0.4, 0.5) is 4.79 Å². The Hall–Kier alpha value is -3.76. The molecular weight excluding hydrogens is 518 g/mol. The molecule has 2 saturated heterocycles. The van der Waals surface area contributed by atoms with E-state index in [0.29, 0.717) is 56.4 Å². The molecule has 0 unspecified atom stereocenters. The van der Waals surface area contributed by atoms with Crippen LogP contribution in [0.25, 0.3) is 0 Å². The molecule has 40 heavy (non-hydrogen) atoms. The fraction of sp³-hybridized carbons (Fsp3) is 0.586. The molecular formula is C29H37N3O8. The lowest BCUT2D eigenvalue weighted by Crippen LogP contribution is -2.55. The first-order valence-corrected chi connectivity index (χ1v) is 14.1. The normalized spacial score (nSPS) is 23.9.